The van der Waals surface area contributed by atoms with Gasteiger partial charge in [-0.3, -0.25) is 0 Å². The molecule has 0 aliphatic rings. The molecule has 0 fully saturated rings. The molecule has 0 bridgehead atoms. The summed E-state index contributed by atoms with van der Waals surface area (Å²) >= 11 is 0. The van der Waals surface area contributed by atoms with Gasteiger partial charge in [-0.25, -0.2) is 4.98 Å². The summed E-state index contributed by atoms with van der Waals surface area (Å²) in [5, 5.41) is 3.39. The maximum absolute atomic E-state index is 5.25. The molecule has 0 aliphatic carbocycles. The lowest BCUT2D eigenvalue weighted by atomic mass is 10.2. The molecule has 0 unspecified atom stereocenters. The number of hydrogen-bond donors (Lipinski definition) is 1. The van der Waals surface area contributed by atoms with Crippen LogP contribution in [-0.2, 0) is 13.1 Å². The fraction of sp³-hybridized carbons (Fsp3) is 0.400. The van der Waals surface area contributed by atoms with Crippen LogP contribution >= 0.6 is 0 Å². The molecule has 19 heavy (non-hydrogen) atoms. The molecule has 0 spiro atoms. The van der Waals surface area contributed by atoms with Crippen LogP contribution in [0.4, 0.5) is 0 Å². The topological polar surface area (TPSA) is 39.1 Å². The van der Waals surface area contributed by atoms with Gasteiger partial charge in [0.05, 0.1) is 13.7 Å². The smallest absolute Gasteiger partial charge is 0.122 e. The molecule has 2 rings (SSSR count). The first kappa shape index (κ1) is 13.6. The van der Waals surface area contributed by atoms with Crippen molar-refractivity contribution in [3.8, 4) is 5.75 Å². The van der Waals surface area contributed by atoms with E-state index in [4.69, 9.17) is 4.74 Å². The highest BCUT2D eigenvalue weighted by Gasteiger charge is 2.04. The van der Waals surface area contributed by atoms with Crippen molar-refractivity contribution < 1.29 is 4.74 Å². The highest BCUT2D eigenvalue weighted by atomic mass is 16.5. The number of aromatic nitrogens is 2. The number of nitrogens with one attached hydrogen (secondary N) is 1. The average molecular weight is 259 g/mol. The predicted molar refractivity (Wildman–Crippen MR) is 76.3 cm³/mol. The molecule has 0 saturated carbocycles. The summed E-state index contributed by atoms with van der Waals surface area (Å²) in [6.45, 7) is 5.87. The Hall–Kier alpha value is -1.81. The van der Waals surface area contributed by atoms with Crippen molar-refractivity contribution in [2.75, 3.05) is 7.11 Å². The van der Waals surface area contributed by atoms with E-state index >= 15 is 0 Å². The molecule has 4 heteroatoms. The van der Waals surface area contributed by atoms with E-state index in [-0.39, 0.29) is 0 Å². The summed E-state index contributed by atoms with van der Waals surface area (Å²) in [6, 6.07) is 8.58. The number of rotatable bonds is 6. The highest BCUT2D eigenvalue weighted by Crippen LogP contribution is 2.14. The Morgan fingerprint density at radius 1 is 1.37 bits per heavy atom. The molecule has 0 atom stereocenters. The third-order valence-corrected chi connectivity index (χ3v) is 2.96. The summed E-state index contributed by atoms with van der Waals surface area (Å²) in [7, 11) is 1.69. The number of nitrogens with zero attached hydrogens (tertiary/aromatic N) is 2. The van der Waals surface area contributed by atoms with E-state index in [2.05, 4.69) is 40.8 Å². The predicted octanol–water partition coefficient (Wildman–Crippen LogP) is 2.44. The van der Waals surface area contributed by atoms with Crippen molar-refractivity contribution in [3.63, 3.8) is 0 Å². The number of methoxy groups -OCH3 is 1. The Morgan fingerprint density at radius 3 is 2.95 bits per heavy atom. The average Bonchev–Trinajstić information content (AvgIpc) is 2.84. The van der Waals surface area contributed by atoms with E-state index in [1.54, 1.807) is 7.11 Å². The van der Waals surface area contributed by atoms with Crippen molar-refractivity contribution >= 4 is 0 Å². The fourth-order valence-corrected chi connectivity index (χ4v) is 1.91. The molecule has 0 amide bonds. The Balaban J connectivity index is 2.08. The van der Waals surface area contributed by atoms with E-state index in [1.165, 1.54) is 5.56 Å². The van der Waals surface area contributed by atoms with Gasteiger partial charge < -0.3 is 14.6 Å². The monoisotopic (exact) mass is 259 g/mol. The van der Waals surface area contributed by atoms with Gasteiger partial charge in [0.15, 0.2) is 0 Å². The molecule has 1 aromatic heterocycles. The summed E-state index contributed by atoms with van der Waals surface area (Å²) in [6.07, 6.45) is 3.86. The van der Waals surface area contributed by atoms with E-state index in [0.717, 1.165) is 24.7 Å². The zero-order valence-corrected chi connectivity index (χ0v) is 11.8. The zero-order chi connectivity index (χ0) is 13.7. The van der Waals surface area contributed by atoms with Gasteiger partial charge in [-0.2, -0.15) is 0 Å². The van der Waals surface area contributed by atoms with Crippen LogP contribution in [0.1, 0.15) is 25.2 Å². The molecule has 102 valence electrons. The van der Waals surface area contributed by atoms with E-state index < -0.39 is 0 Å². The van der Waals surface area contributed by atoms with Crippen LogP contribution in [0.3, 0.4) is 0 Å². The summed E-state index contributed by atoms with van der Waals surface area (Å²) in [5.41, 5.74) is 1.21. The molecular weight excluding hydrogens is 238 g/mol. The molecule has 1 aromatic carbocycles. The lowest BCUT2D eigenvalue weighted by Gasteiger charge is -2.11. The van der Waals surface area contributed by atoms with Crippen molar-refractivity contribution in [2.45, 2.75) is 33.0 Å². The second-order valence-corrected chi connectivity index (χ2v) is 4.86. The molecular formula is C15H21N3O. The molecule has 0 aliphatic heterocycles. The standard InChI is InChI=1S/C15H21N3O/c1-12(2)17-10-15-16-7-8-18(15)11-13-5-4-6-14(9-13)19-3/h4-9,12,17H,10-11H2,1-3H3. The number of hydrogen-bond acceptors (Lipinski definition) is 3. The summed E-state index contributed by atoms with van der Waals surface area (Å²) in [5.74, 6) is 1.94. The van der Waals surface area contributed by atoms with E-state index in [0.29, 0.717) is 6.04 Å². The summed E-state index contributed by atoms with van der Waals surface area (Å²) < 4.78 is 7.40. The Labute approximate surface area is 114 Å². The van der Waals surface area contributed by atoms with Gasteiger partial charge in [0.2, 0.25) is 0 Å². The van der Waals surface area contributed by atoms with Crippen LogP contribution in [0.15, 0.2) is 36.7 Å². The highest BCUT2D eigenvalue weighted by molar-refractivity contribution is 5.28. The second kappa shape index (κ2) is 6.38. The molecule has 1 heterocycles. The molecule has 4 nitrogen and oxygen atoms in total. The second-order valence-electron chi connectivity index (χ2n) is 4.86. The van der Waals surface area contributed by atoms with E-state index in [1.807, 2.05) is 24.5 Å². The van der Waals surface area contributed by atoms with Crippen LogP contribution in [-0.4, -0.2) is 22.7 Å². The van der Waals surface area contributed by atoms with Crippen LogP contribution in [0, 0.1) is 0 Å². The maximum atomic E-state index is 5.25. The Kier molecular flexibility index (Phi) is 4.58. The van der Waals surface area contributed by atoms with Crippen LogP contribution < -0.4 is 10.1 Å². The van der Waals surface area contributed by atoms with Gasteiger partial charge in [-0.15, -0.1) is 0 Å². The van der Waals surface area contributed by atoms with Crippen LogP contribution in [0.5, 0.6) is 5.75 Å². The summed E-state index contributed by atoms with van der Waals surface area (Å²) in [4.78, 5) is 4.40. The van der Waals surface area contributed by atoms with Crippen molar-refractivity contribution in [1.29, 1.82) is 0 Å². The minimum atomic E-state index is 0.460. The Bertz CT molecular complexity index is 520. The van der Waals surface area contributed by atoms with Gasteiger partial charge in [-0.05, 0) is 17.7 Å². The molecule has 1 N–H and O–H groups in total. The van der Waals surface area contributed by atoms with Crippen molar-refractivity contribution in [1.82, 2.24) is 14.9 Å². The molecule has 0 radical (unpaired) electrons. The minimum absolute atomic E-state index is 0.460. The van der Waals surface area contributed by atoms with Gasteiger partial charge in [0.25, 0.3) is 0 Å². The number of ether oxygens (including phenoxy) is 1. The fourth-order valence-electron chi connectivity index (χ4n) is 1.91. The van der Waals surface area contributed by atoms with Gasteiger partial charge in [0, 0.05) is 25.0 Å². The maximum Gasteiger partial charge on any atom is 0.122 e. The van der Waals surface area contributed by atoms with Crippen LogP contribution in [0.25, 0.3) is 0 Å². The first-order chi connectivity index (χ1) is 9.19. The zero-order valence-electron chi connectivity index (χ0n) is 11.8. The Morgan fingerprint density at radius 2 is 2.21 bits per heavy atom. The SMILES string of the molecule is COc1cccc(Cn2ccnc2CNC(C)C)c1. The number of benzene rings is 1. The third kappa shape index (κ3) is 3.83. The van der Waals surface area contributed by atoms with Gasteiger partial charge >= 0.3 is 0 Å². The van der Waals surface area contributed by atoms with Crippen molar-refractivity contribution in [2.24, 2.45) is 0 Å². The minimum Gasteiger partial charge on any atom is -0.497 e. The first-order valence-corrected chi connectivity index (χ1v) is 6.55. The largest absolute Gasteiger partial charge is 0.497 e. The van der Waals surface area contributed by atoms with E-state index in [9.17, 15) is 0 Å². The van der Waals surface area contributed by atoms with Gasteiger partial charge in [-0.1, -0.05) is 26.0 Å². The lowest BCUT2D eigenvalue weighted by molar-refractivity contribution is 0.414. The van der Waals surface area contributed by atoms with Crippen molar-refractivity contribution in [3.05, 3.63) is 48.0 Å². The molecule has 2 aromatic rings. The number of imidazole rings is 1. The molecule has 0 saturated heterocycles. The quantitative estimate of drug-likeness (QED) is 0.866. The third-order valence-electron chi connectivity index (χ3n) is 2.96. The van der Waals surface area contributed by atoms with Gasteiger partial charge in [0.1, 0.15) is 11.6 Å². The lowest BCUT2D eigenvalue weighted by Crippen LogP contribution is -2.24. The van der Waals surface area contributed by atoms with Crippen LogP contribution in [0.2, 0.25) is 0 Å². The first-order valence-electron chi connectivity index (χ1n) is 6.55. The normalized spacial score (nSPS) is 10.9.